The van der Waals surface area contributed by atoms with Crippen LogP contribution in [0.1, 0.15) is 44.2 Å². The monoisotopic (exact) mass is 275 g/mol. The molecule has 2 atom stereocenters. The molecule has 1 N–H and O–H groups in total. The second-order valence-electron chi connectivity index (χ2n) is 6.26. The van der Waals surface area contributed by atoms with Gasteiger partial charge in [-0.3, -0.25) is 0 Å². The van der Waals surface area contributed by atoms with Gasteiger partial charge in [0.2, 0.25) is 0 Å². The Morgan fingerprint density at radius 2 is 2.20 bits per heavy atom. The summed E-state index contributed by atoms with van der Waals surface area (Å²) in [4.78, 5) is 0. The van der Waals surface area contributed by atoms with Crippen molar-refractivity contribution in [1.82, 2.24) is 5.32 Å². The van der Waals surface area contributed by atoms with E-state index in [2.05, 4.69) is 31.3 Å². The molecular formula is C17H25NO2. The summed E-state index contributed by atoms with van der Waals surface area (Å²) >= 11 is 0. The molecule has 20 heavy (non-hydrogen) atoms. The van der Waals surface area contributed by atoms with Crippen LogP contribution in [0.4, 0.5) is 0 Å². The molecular weight excluding hydrogens is 250 g/mol. The smallest absolute Gasteiger partial charge is 0.123 e. The molecule has 2 aliphatic rings. The molecule has 1 aromatic carbocycles. The first-order chi connectivity index (χ1) is 9.67. The molecule has 1 aliphatic carbocycles. The fraction of sp³-hybridized carbons (Fsp3) is 0.647. The zero-order valence-electron chi connectivity index (χ0n) is 12.7. The first kappa shape index (κ1) is 13.7. The minimum atomic E-state index is 0.284. The zero-order valence-corrected chi connectivity index (χ0v) is 12.7. The Hall–Kier alpha value is -1.22. The molecule has 3 rings (SSSR count). The topological polar surface area (TPSA) is 30.5 Å². The molecule has 0 radical (unpaired) electrons. The van der Waals surface area contributed by atoms with Crippen molar-refractivity contribution in [2.45, 2.75) is 58.2 Å². The fourth-order valence-corrected chi connectivity index (χ4v) is 3.19. The summed E-state index contributed by atoms with van der Waals surface area (Å²) in [6.45, 7) is 5.26. The molecule has 1 fully saturated rings. The van der Waals surface area contributed by atoms with Gasteiger partial charge in [-0.15, -0.1) is 0 Å². The first-order valence-electron chi connectivity index (χ1n) is 7.77. The fourth-order valence-electron chi connectivity index (χ4n) is 3.19. The molecule has 1 saturated carbocycles. The standard InChI is InChI=1S/C17H25NO2/c1-11-7-14-8-16(19-3)15(9-17(14)20-11)10-18-12(2)13-5-4-6-13/h8-9,11-13,18H,4-7,10H2,1-3H3. The Morgan fingerprint density at radius 3 is 2.85 bits per heavy atom. The molecule has 1 heterocycles. The van der Waals surface area contributed by atoms with Gasteiger partial charge in [-0.25, -0.2) is 0 Å². The number of methoxy groups -OCH3 is 1. The van der Waals surface area contributed by atoms with Gasteiger partial charge in [0.05, 0.1) is 7.11 Å². The van der Waals surface area contributed by atoms with E-state index in [1.165, 1.54) is 30.4 Å². The third-order valence-corrected chi connectivity index (χ3v) is 4.77. The quantitative estimate of drug-likeness (QED) is 0.894. The molecule has 110 valence electrons. The maximum atomic E-state index is 5.85. The van der Waals surface area contributed by atoms with Crippen molar-refractivity contribution in [2.75, 3.05) is 7.11 Å². The van der Waals surface area contributed by atoms with Crippen LogP contribution in [0.15, 0.2) is 12.1 Å². The third-order valence-electron chi connectivity index (χ3n) is 4.77. The molecule has 0 amide bonds. The molecule has 0 saturated heterocycles. The maximum Gasteiger partial charge on any atom is 0.123 e. The summed E-state index contributed by atoms with van der Waals surface area (Å²) < 4.78 is 11.4. The summed E-state index contributed by atoms with van der Waals surface area (Å²) in [6.07, 6.45) is 5.40. The van der Waals surface area contributed by atoms with E-state index in [1.807, 2.05) is 0 Å². The van der Waals surface area contributed by atoms with E-state index in [1.54, 1.807) is 7.11 Å². The highest BCUT2D eigenvalue weighted by Gasteiger charge is 2.25. The van der Waals surface area contributed by atoms with Crippen LogP contribution in [0.2, 0.25) is 0 Å². The van der Waals surface area contributed by atoms with Crippen LogP contribution >= 0.6 is 0 Å². The maximum absolute atomic E-state index is 5.85. The lowest BCUT2D eigenvalue weighted by atomic mass is 9.80. The van der Waals surface area contributed by atoms with Crippen LogP contribution in [-0.4, -0.2) is 19.3 Å². The number of rotatable bonds is 5. The van der Waals surface area contributed by atoms with Crippen molar-refractivity contribution in [3.05, 3.63) is 23.3 Å². The summed E-state index contributed by atoms with van der Waals surface area (Å²) in [5, 5.41) is 3.64. The van der Waals surface area contributed by atoms with Gasteiger partial charge in [-0.2, -0.15) is 0 Å². The number of hydrogen-bond acceptors (Lipinski definition) is 3. The number of benzene rings is 1. The van der Waals surface area contributed by atoms with Crippen molar-refractivity contribution < 1.29 is 9.47 Å². The van der Waals surface area contributed by atoms with E-state index in [4.69, 9.17) is 9.47 Å². The molecule has 0 bridgehead atoms. The van der Waals surface area contributed by atoms with Gasteiger partial charge in [0.25, 0.3) is 0 Å². The van der Waals surface area contributed by atoms with Crippen LogP contribution in [0.25, 0.3) is 0 Å². The van der Waals surface area contributed by atoms with Crippen LogP contribution < -0.4 is 14.8 Å². The molecule has 0 spiro atoms. The Bertz CT molecular complexity index is 482. The van der Waals surface area contributed by atoms with E-state index >= 15 is 0 Å². The van der Waals surface area contributed by atoms with Gasteiger partial charge < -0.3 is 14.8 Å². The Kier molecular flexibility index (Phi) is 3.88. The summed E-state index contributed by atoms with van der Waals surface area (Å²) in [5.41, 5.74) is 2.47. The van der Waals surface area contributed by atoms with Gasteiger partial charge in [-0.1, -0.05) is 6.42 Å². The number of fused-ring (bicyclic) bond motifs is 1. The number of hydrogen-bond donors (Lipinski definition) is 1. The normalized spacial score (nSPS) is 22.9. The van der Waals surface area contributed by atoms with E-state index < -0.39 is 0 Å². The highest BCUT2D eigenvalue weighted by atomic mass is 16.5. The molecule has 1 aromatic rings. The van der Waals surface area contributed by atoms with E-state index in [9.17, 15) is 0 Å². The SMILES string of the molecule is COc1cc2c(cc1CNC(C)C1CCC1)OC(C)C2. The van der Waals surface area contributed by atoms with Crippen molar-refractivity contribution in [2.24, 2.45) is 5.92 Å². The summed E-state index contributed by atoms with van der Waals surface area (Å²) in [7, 11) is 1.75. The second-order valence-corrected chi connectivity index (χ2v) is 6.26. The van der Waals surface area contributed by atoms with Crippen molar-refractivity contribution in [1.29, 1.82) is 0 Å². The lowest BCUT2D eigenvalue weighted by Gasteiger charge is -2.32. The molecule has 3 nitrogen and oxygen atoms in total. The predicted molar refractivity (Wildman–Crippen MR) is 80.4 cm³/mol. The lowest BCUT2D eigenvalue weighted by molar-refractivity contribution is 0.239. The van der Waals surface area contributed by atoms with E-state index in [-0.39, 0.29) is 6.10 Å². The number of nitrogens with one attached hydrogen (secondary N) is 1. The molecule has 2 unspecified atom stereocenters. The van der Waals surface area contributed by atoms with Crippen LogP contribution in [0, 0.1) is 5.92 Å². The van der Waals surface area contributed by atoms with Crippen molar-refractivity contribution >= 4 is 0 Å². The molecule has 1 aliphatic heterocycles. The van der Waals surface area contributed by atoms with E-state index in [0.29, 0.717) is 6.04 Å². The van der Waals surface area contributed by atoms with Crippen LogP contribution in [0.3, 0.4) is 0 Å². The van der Waals surface area contributed by atoms with Crippen LogP contribution in [-0.2, 0) is 13.0 Å². The second kappa shape index (κ2) is 5.65. The molecule has 0 aromatic heterocycles. The Morgan fingerprint density at radius 1 is 1.40 bits per heavy atom. The average Bonchev–Trinajstić information content (AvgIpc) is 2.72. The van der Waals surface area contributed by atoms with Gasteiger partial charge in [0, 0.05) is 30.1 Å². The Balaban J connectivity index is 1.70. The minimum Gasteiger partial charge on any atom is -0.496 e. The zero-order chi connectivity index (χ0) is 14.1. The largest absolute Gasteiger partial charge is 0.496 e. The van der Waals surface area contributed by atoms with Crippen molar-refractivity contribution in [3.63, 3.8) is 0 Å². The first-order valence-corrected chi connectivity index (χ1v) is 7.77. The highest BCUT2D eigenvalue weighted by molar-refractivity contribution is 5.48. The summed E-state index contributed by atoms with van der Waals surface area (Å²) in [5.74, 6) is 2.87. The third kappa shape index (κ3) is 2.64. The van der Waals surface area contributed by atoms with Gasteiger partial charge in [0.1, 0.15) is 17.6 Å². The average molecular weight is 275 g/mol. The summed E-state index contributed by atoms with van der Waals surface area (Å²) in [6, 6.07) is 4.88. The predicted octanol–water partition coefficient (Wildman–Crippen LogP) is 3.30. The highest BCUT2D eigenvalue weighted by Crippen LogP contribution is 2.35. The minimum absolute atomic E-state index is 0.284. The van der Waals surface area contributed by atoms with Gasteiger partial charge in [0.15, 0.2) is 0 Å². The van der Waals surface area contributed by atoms with Crippen LogP contribution in [0.5, 0.6) is 11.5 Å². The van der Waals surface area contributed by atoms with Crippen molar-refractivity contribution in [3.8, 4) is 11.5 Å². The molecule has 3 heteroatoms. The van der Waals surface area contributed by atoms with Gasteiger partial charge >= 0.3 is 0 Å². The number of ether oxygens (including phenoxy) is 2. The van der Waals surface area contributed by atoms with Gasteiger partial charge in [-0.05, 0) is 44.7 Å². The Labute approximate surface area is 121 Å². The van der Waals surface area contributed by atoms with E-state index in [0.717, 1.165) is 30.4 Å². The lowest BCUT2D eigenvalue weighted by Crippen LogP contribution is -2.36.